The second kappa shape index (κ2) is 6.90. The largest absolute Gasteiger partial charge is 0.479 e. The summed E-state index contributed by atoms with van der Waals surface area (Å²) in [6.07, 6.45) is -0.723. The molecule has 0 aliphatic carbocycles. The summed E-state index contributed by atoms with van der Waals surface area (Å²) in [6.45, 7) is 3.53. The summed E-state index contributed by atoms with van der Waals surface area (Å²) >= 11 is 11.9. The fourth-order valence-electron chi connectivity index (χ4n) is 1.82. The highest BCUT2D eigenvalue weighted by molar-refractivity contribution is 6.35. The van der Waals surface area contributed by atoms with E-state index < -0.39 is 6.10 Å². The molecule has 1 atom stereocenters. The van der Waals surface area contributed by atoms with Crippen LogP contribution in [0, 0.1) is 6.92 Å². The van der Waals surface area contributed by atoms with Crippen LogP contribution in [0.3, 0.4) is 0 Å². The summed E-state index contributed by atoms with van der Waals surface area (Å²) in [7, 11) is 0. The van der Waals surface area contributed by atoms with E-state index in [0.717, 1.165) is 5.56 Å². The van der Waals surface area contributed by atoms with Crippen LogP contribution < -0.4 is 15.8 Å². The zero-order chi connectivity index (χ0) is 16.3. The first-order valence-electron chi connectivity index (χ1n) is 6.65. The van der Waals surface area contributed by atoms with Crippen molar-refractivity contribution in [3.8, 4) is 5.75 Å². The fourth-order valence-corrected chi connectivity index (χ4v) is 2.28. The van der Waals surface area contributed by atoms with Gasteiger partial charge in [-0.15, -0.1) is 0 Å². The topological polar surface area (TPSA) is 64.3 Å². The van der Waals surface area contributed by atoms with Crippen LogP contribution in [0.25, 0.3) is 0 Å². The average molecular weight is 339 g/mol. The Balaban J connectivity index is 2.07. The lowest BCUT2D eigenvalue weighted by Crippen LogP contribution is -2.30. The maximum atomic E-state index is 12.2. The van der Waals surface area contributed by atoms with Crippen molar-refractivity contribution in [2.24, 2.45) is 0 Å². The van der Waals surface area contributed by atoms with E-state index in [1.165, 1.54) is 0 Å². The van der Waals surface area contributed by atoms with Crippen molar-refractivity contribution >= 4 is 40.5 Å². The van der Waals surface area contributed by atoms with Crippen LogP contribution in [-0.4, -0.2) is 12.0 Å². The third-order valence-corrected chi connectivity index (χ3v) is 3.62. The Hall–Kier alpha value is -1.91. The molecule has 22 heavy (non-hydrogen) atoms. The molecule has 1 unspecified atom stereocenters. The first-order chi connectivity index (χ1) is 10.4. The molecule has 0 bridgehead atoms. The number of amides is 1. The normalized spacial score (nSPS) is 11.8. The van der Waals surface area contributed by atoms with Gasteiger partial charge >= 0.3 is 0 Å². The molecule has 4 nitrogen and oxygen atoms in total. The maximum absolute atomic E-state index is 12.2. The molecule has 2 rings (SSSR count). The lowest BCUT2D eigenvalue weighted by Gasteiger charge is -2.17. The van der Waals surface area contributed by atoms with E-state index in [2.05, 4.69) is 5.32 Å². The summed E-state index contributed by atoms with van der Waals surface area (Å²) in [5.74, 6) is 0.109. The van der Waals surface area contributed by atoms with Crippen molar-refractivity contribution in [2.45, 2.75) is 20.0 Å². The predicted molar refractivity (Wildman–Crippen MR) is 90.8 cm³/mol. The number of nitrogens with two attached hydrogens (primary N) is 1. The molecule has 0 saturated heterocycles. The van der Waals surface area contributed by atoms with Crippen molar-refractivity contribution < 1.29 is 9.53 Å². The first-order valence-corrected chi connectivity index (χ1v) is 7.41. The maximum Gasteiger partial charge on any atom is 0.265 e. The van der Waals surface area contributed by atoms with Gasteiger partial charge in [0.25, 0.3) is 5.91 Å². The molecule has 0 spiro atoms. The average Bonchev–Trinajstić information content (AvgIpc) is 2.45. The fraction of sp³-hybridized carbons (Fsp3) is 0.188. The van der Waals surface area contributed by atoms with Crippen molar-refractivity contribution in [3.63, 3.8) is 0 Å². The van der Waals surface area contributed by atoms with Crippen LogP contribution in [0.4, 0.5) is 11.4 Å². The number of nitrogen functional groups attached to an aromatic ring is 1. The van der Waals surface area contributed by atoms with E-state index in [4.69, 9.17) is 33.7 Å². The van der Waals surface area contributed by atoms with Crippen LogP contribution in [0.1, 0.15) is 12.5 Å². The Bertz CT molecular complexity index is 705. The molecule has 0 aromatic heterocycles. The Morgan fingerprint density at radius 2 is 1.95 bits per heavy atom. The van der Waals surface area contributed by atoms with Crippen molar-refractivity contribution in [2.75, 3.05) is 11.1 Å². The number of rotatable bonds is 4. The number of benzene rings is 2. The number of carbonyl (C=O) groups excluding carboxylic acids is 1. The van der Waals surface area contributed by atoms with Gasteiger partial charge in [0.1, 0.15) is 5.75 Å². The smallest absolute Gasteiger partial charge is 0.265 e. The minimum absolute atomic E-state index is 0.292. The minimum atomic E-state index is -0.723. The quantitative estimate of drug-likeness (QED) is 0.817. The third kappa shape index (κ3) is 4.06. The van der Waals surface area contributed by atoms with Gasteiger partial charge in [-0.2, -0.15) is 0 Å². The molecule has 2 aromatic carbocycles. The molecule has 0 aliphatic heterocycles. The van der Waals surface area contributed by atoms with Crippen LogP contribution in [0.5, 0.6) is 5.75 Å². The Morgan fingerprint density at radius 3 is 2.64 bits per heavy atom. The second-order valence-corrected chi connectivity index (χ2v) is 5.74. The first kappa shape index (κ1) is 16.5. The van der Waals surface area contributed by atoms with Gasteiger partial charge in [-0.1, -0.05) is 29.3 Å². The number of anilines is 2. The zero-order valence-electron chi connectivity index (χ0n) is 12.2. The monoisotopic (exact) mass is 338 g/mol. The highest BCUT2D eigenvalue weighted by Crippen LogP contribution is 2.28. The van der Waals surface area contributed by atoms with Crippen molar-refractivity contribution in [3.05, 3.63) is 52.0 Å². The second-order valence-electron chi connectivity index (χ2n) is 4.90. The number of hydrogen-bond donors (Lipinski definition) is 2. The highest BCUT2D eigenvalue weighted by atomic mass is 35.5. The zero-order valence-corrected chi connectivity index (χ0v) is 13.7. The standard InChI is InChI=1S/C16H16Cl2N2O2/c1-9-3-5-12(19)8-14(9)20-16(21)10(2)22-15-6-4-11(17)7-13(15)18/h3-8,10H,19H2,1-2H3,(H,20,21). The van der Waals surface area contributed by atoms with Gasteiger partial charge in [0.15, 0.2) is 6.10 Å². The Kier molecular flexibility index (Phi) is 5.16. The molecule has 116 valence electrons. The number of nitrogens with one attached hydrogen (secondary N) is 1. The van der Waals surface area contributed by atoms with E-state index in [-0.39, 0.29) is 5.91 Å². The predicted octanol–water partition coefficient (Wildman–Crippen LogP) is 4.29. The number of hydrogen-bond acceptors (Lipinski definition) is 3. The van der Waals surface area contributed by atoms with Gasteiger partial charge in [0, 0.05) is 16.4 Å². The van der Waals surface area contributed by atoms with Crippen LogP contribution in [0.15, 0.2) is 36.4 Å². The molecule has 0 radical (unpaired) electrons. The molecule has 1 amide bonds. The number of aryl methyl sites for hydroxylation is 1. The Labute approximate surface area is 139 Å². The van der Waals surface area contributed by atoms with Gasteiger partial charge in [-0.05, 0) is 49.7 Å². The molecule has 3 N–H and O–H groups in total. The van der Waals surface area contributed by atoms with E-state index in [9.17, 15) is 4.79 Å². The van der Waals surface area contributed by atoms with Crippen molar-refractivity contribution in [1.82, 2.24) is 0 Å². The molecule has 0 fully saturated rings. The SMILES string of the molecule is Cc1ccc(N)cc1NC(=O)C(C)Oc1ccc(Cl)cc1Cl. The highest BCUT2D eigenvalue weighted by Gasteiger charge is 2.17. The summed E-state index contributed by atoms with van der Waals surface area (Å²) in [5.41, 5.74) is 7.87. The van der Waals surface area contributed by atoms with E-state index >= 15 is 0 Å². The molecule has 0 heterocycles. The van der Waals surface area contributed by atoms with Crippen LogP contribution >= 0.6 is 23.2 Å². The molecule has 0 aliphatic rings. The summed E-state index contributed by atoms with van der Waals surface area (Å²) in [4.78, 5) is 12.2. The number of ether oxygens (including phenoxy) is 1. The van der Waals surface area contributed by atoms with E-state index in [0.29, 0.717) is 27.2 Å². The van der Waals surface area contributed by atoms with Gasteiger partial charge < -0.3 is 15.8 Å². The van der Waals surface area contributed by atoms with E-state index in [1.54, 1.807) is 37.3 Å². The van der Waals surface area contributed by atoms with Gasteiger partial charge in [0.2, 0.25) is 0 Å². The number of halogens is 2. The molecule has 0 saturated carbocycles. The van der Waals surface area contributed by atoms with Gasteiger partial charge in [0.05, 0.1) is 5.02 Å². The molecular weight excluding hydrogens is 323 g/mol. The minimum Gasteiger partial charge on any atom is -0.479 e. The van der Waals surface area contributed by atoms with Gasteiger partial charge in [-0.3, -0.25) is 4.79 Å². The summed E-state index contributed by atoms with van der Waals surface area (Å²) in [5, 5.41) is 3.65. The number of carbonyl (C=O) groups is 1. The summed E-state index contributed by atoms with van der Waals surface area (Å²) in [6, 6.07) is 10.2. The Morgan fingerprint density at radius 1 is 1.23 bits per heavy atom. The van der Waals surface area contributed by atoms with E-state index in [1.807, 2.05) is 13.0 Å². The molecule has 6 heteroatoms. The van der Waals surface area contributed by atoms with Gasteiger partial charge in [-0.25, -0.2) is 0 Å². The third-order valence-electron chi connectivity index (χ3n) is 3.09. The molecular formula is C16H16Cl2N2O2. The van der Waals surface area contributed by atoms with Crippen LogP contribution in [0.2, 0.25) is 10.0 Å². The lowest BCUT2D eigenvalue weighted by molar-refractivity contribution is -0.122. The van der Waals surface area contributed by atoms with Crippen molar-refractivity contribution in [1.29, 1.82) is 0 Å². The van der Waals surface area contributed by atoms with Crippen LogP contribution in [-0.2, 0) is 4.79 Å². The molecule has 2 aromatic rings. The summed E-state index contributed by atoms with van der Waals surface area (Å²) < 4.78 is 5.57. The lowest BCUT2D eigenvalue weighted by atomic mass is 10.1.